The van der Waals surface area contributed by atoms with Gasteiger partial charge in [0.2, 0.25) is 15.9 Å². The van der Waals surface area contributed by atoms with Crippen molar-refractivity contribution in [1.82, 2.24) is 5.32 Å². The topological polar surface area (TPSA) is 75.7 Å². The summed E-state index contributed by atoms with van der Waals surface area (Å²) < 4.78 is 30.9. The molecule has 1 aliphatic heterocycles. The van der Waals surface area contributed by atoms with Gasteiger partial charge in [0.05, 0.1) is 24.6 Å². The van der Waals surface area contributed by atoms with Gasteiger partial charge < -0.3 is 10.1 Å². The number of nitrogens with one attached hydrogen (secondary N) is 1. The molecule has 0 saturated carbocycles. The van der Waals surface area contributed by atoms with Crippen molar-refractivity contribution in [3.63, 3.8) is 0 Å². The van der Waals surface area contributed by atoms with E-state index >= 15 is 0 Å². The van der Waals surface area contributed by atoms with Gasteiger partial charge in [-0.25, -0.2) is 8.42 Å². The van der Waals surface area contributed by atoms with E-state index < -0.39 is 15.9 Å². The summed E-state index contributed by atoms with van der Waals surface area (Å²) in [4.78, 5) is 12.5. The van der Waals surface area contributed by atoms with Gasteiger partial charge in [-0.1, -0.05) is 35.9 Å². The van der Waals surface area contributed by atoms with E-state index in [0.717, 1.165) is 21.9 Å². The van der Waals surface area contributed by atoms with Crippen LogP contribution in [0, 0.1) is 0 Å². The second-order valence-electron chi connectivity index (χ2n) is 6.04. The second kappa shape index (κ2) is 7.55. The molecule has 138 valence electrons. The van der Waals surface area contributed by atoms with Gasteiger partial charge in [0.1, 0.15) is 12.3 Å². The first-order valence-electron chi connectivity index (χ1n) is 8.09. The normalized spacial score (nSPS) is 16.3. The van der Waals surface area contributed by atoms with E-state index in [4.69, 9.17) is 16.3 Å². The molecule has 2 aromatic carbocycles. The Morgan fingerprint density at radius 2 is 2.04 bits per heavy atom. The maximum absolute atomic E-state index is 12.5. The summed E-state index contributed by atoms with van der Waals surface area (Å²) >= 11 is 5.95. The lowest BCUT2D eigenvalue weighted by Gasteiger charge is -2.28. The van der Waals surface area contributed by atoms with Crippen LogP contribution in [0.25, 0.3) is 0 Å². The van der Waals surface area contributed by atoms with Crippen molar-refractivity contribution in [2.24, 2.45) is 0 Å². The molecule has 0 unspecified atom stereocenters. The highest BCUT2D eigenvalue weighted by Crippen LogP contribution is 2.31. The van der Waals surface area contributed by atoms with Crippen LogP contribution in [-0.2, 0) is 14.8 Å². The minimum absolute atomic E-state index is 0.215. The van der Waals surface area contributed by atoms with Crippen molar-refractivity contribution in [2.75, 3.05) is 23.7 Å². The molecule has 0 aliphatic carbocycles. The molecule has 1 amide bonds. The number of ether oxygens (including phenoxy) is 1. The predicted octanol–water partition coefficient (Wildman–Crippen LogP) is 2.75. The second-order valence-corrected chi connectivity index (χ2v) is 8.39. The average Bonchev–Trinajstić information content (AvgIpc) is 2.59. The minimum atomic E-state index is -3.64. The molecule has 0 aromatic heterocycles. The zero-order chi connectivity index (χ0) is 18.7. The number of para-hydroxylation sites is 1. The van der Waals surface area contributed by atoms with E-state index in [1.807, 2.05) is 24.3 Å². The largest absolute Gasteiger partial charge is 0.493 e. The predicted molar refractivity (Wildman–Crippen MR) is 101 cm³/mol. The minimum Gasteiger partial charge on any atom is -0.493 e. The van der Waals surface area contributed by atoms with Crippen molar-refractivity contribution < 1.29 is 17.9 Å². The number of carbonyl (C=O) groups is 1. The SMILES string of the molecule is CS(=O)(=O)N(CC(=O)N[C@@H]1CCOc2ccccc21)c1cccc(Cl)c1. The van der Waals surface area contributed by atoms with E-state index in [9.17, 15) is 13.2 Å². The molecule has 0 fully saturated rings. The molecule has 0 saturated heterocycles. The third-order valence-corrected chi connectivity index (χ3v) is 5.45. The smallest absolute Gasteiger partial charge is 0.241 e. The van der Waals surface area contributed by atoms with Crippen LogP contribution < -0.4 is 14.4 Å². The molecular formula is C18H19ClN2O4S. The lowest BCUT2D eigenvalue weighted by atomic mass is 10.0. The van der Waals surface area contributed by atoms with Crippen molar-refractivity contribution in [2.45, 2.75) is 12.5 Å². The van der Waals surface area contributed by atoms with Gasteiger partial charge >= 0.3 is 0 Å². The number of sulfonamides is 1. The Morgan fingerprint density at radius 1 is 1.27 bits per heavy atom. The fourth-order valence-electron chi connectivity index (χ4n) is 2.89. The summed E-state index contributed by atoms with van der Waals surface area (Å²) in [7, 11) is -3.64. The number of fused-ring (bicyclic) bond motifs is 1. The summed E-state index contributed by atoms with van der Waals surface area (Å²) in [5, 5.41) is 3.30. The Balaban J connectivity index is 1.77. The molecule has 0 radical (unpaired) electrons. The molecular weight excluding hydrogens is 376 g/mol. The zero-order valence-corrected chi connectivity index (χ0v) is 15.8. The summed E-state index contributed by atoms with van der Waals surface area (Å²) in [5.74, 6) is 0.343. The molecule has 2 aromatic rings. The average molecular weight is 395 g/mol. The maximum atomic E-state index is 12.5. The van der Waals surface area contributed by atoms with Crippen molar-refractivity contribution >= 4 is 33.2 Å². The van der Waals surface area contributed by atoms with Gasteiger partial charge in [-0.3, -0.25) is 9.10 Å². The molecule has 3 rings (SSSR count). The van der Waals surface area contributed by atoms with Crippen LogP contribution >= 0.6 is 11.6 Å². The lowest BCUT2D eigenvalue weighted by molar-refractivity contribution is -0.120. The number of nitrogens with zero attached hydrogens (tertiary/aromatic N) is 1. The highest BCUT2D eigenvalue weighted by Gasteiger charge is 2.26. The van der Waals surface area contributed by atoms with E-state index in [0.29, 0.717) is 23.7 Å². The Hall–Kier alpha value is -2.25. The highest BCUT2D eigenvalue weighted by molar-refractivity contribution is 7.92. The first kappa shape index (κ1) is 18.5. The quantitative estimate of drug-likeness (QED) is 0.846. The van der Waals surface area contributed by atoms with Crippen molar-refractivity contribution in [1.29, 1.82) is 0 Å². The van der Waals surface area contributed by atoms with Crippen LogP contribution in [0.4, 0.5) is 5.69 Å². The summed E-state index contributed by atoms with van der Waals surface area (Å²) in [6.07, 6.45) is 1.68. The number of carbonyl (C=O) groups excluding carboxylic acids is 1. The van der Waals surface area contributed by atoms with E-state index in [1.54, 1.807) is 18.2 Å². The molecule has 26 heavy (non-hydrogen) atoms. The Labute approximate surface area is 157 Å². The monoisotopic (exact) mass is 394 g/mol. The number of anilines is 1. The van der Waals surface area contributed by atoms with Crippen LogP contribution in [0.2, 0.25) is 5.02 Å². The standard InChI is InChI=1S/C18H19ClN2O4S/c1-26(23,24)21(14-6-4-5-13(19)11-14)12-18(22)20-16-9-10-25-17-8-3-2-7-15(16)17/h2-8,11,16H,9-10,12H2,1H3,(H,20,22)/t16-/m1/s1. The van der Waals surface area contributed by atoms with Crippen LogP contribution in [0.3, 0.4) is 0 Å². The molecule has 1 atom stereocenters. The molecule has 0 bridgehead atoms. The number of amides is 1. The third kappa shape index (κ3) is 4.28. The van der Waals surface area contributed by atoms with E-state index in [1.165, 1.54) is 6.07 Å². The zero-order valence-electron chi connectivity index (χ0n) is 14.2. The third-order valence-electron chi connectivity index (χ3n) is 4.08. The van der Waals surface area contributed by atoms with Gasteiger partial charge in [0, 0.05) is 17.0 Å². The first-order valence-corrected chi connectivity index (χ1v) is 10.3. The van der Waals surface area contributed by atoms with Gasteiger partial charge in [0.25, 0.3) is 0 Å². The first-order chi connectivity index (χ1) is 12.3. The molecule has 1 N–H and O–H groups in total. The van der Waals surface area contributed by atoms with Crippen LogP contribution in [-0.4, -0.2) is 33.7 Å². The summed E-state index contributed by atoms with van der Waals surface area (Å²) in [6, 6.07) is 13.7. The Kier molecular flexibility index (Phi) is 5.38. The van der Waals surface area contributed by atoms with Gasteiger partial charge in [-0.15, -0.1) is 0 Å². The number of halogens is 1. The molecule has 6 nitrogen and oxygen atoms in total. The van der Waals surface area contributed by atoms with Crippen molar-refractivity contribution in [3.8, 4) is 5.75 Å². The number of rotatable bonds is 5. The molecule has 1 aliphatic rings. The Bertz CT molecular complexity index is 917. The van der Waals surface area contributed by atoms with E-state index in [2.05, 4.69) is 5.32 Å². The number of benzene rings is 2. The van der Waals surface area contributed by atoms with Gasteiger partial charge in [-0.2, -0.15) is 0 Å². The number of hydrogen-bond acceptors (Lipinski definition) is 4. The fourth-order valence-corrected chi connectivity index (χ4v) is 3.93. The van der Waals surface area contributed by atoms with Crippen LogP contribution in [0.15, 0.2) is 48.5 Å². The molecule has 0 spiro atoms. The summed E-state index contributed by atoms with van der Waals surface area (Å²) in [6.45, 7) is 0.171. The number of hydrogen-bond donors (Lipinski definition) is 1. The van der Waals surface area contributed by atoms with Gasteiger partial charge in [0.15, 0.2) is 0 Å². The summed E-state index contributed by atoms with van der Waals surface area (Å²) in [5.41, 5.74) is 1.24. The Morgan fingerprint density at radius 3 is 2.77 bits per heavy atom. The van der Waals surface area contributed by atoms with Gasteiger partial charge in [-0.05, 0) is 24.3 Å². The molecule has 8 heteroatoms. The van der Waals surface area contributed by atoms with E-state index in [-0.39, 0.29) is 12.6 Å². The fraction of sp³-hybridized carbons (Fsp3) is 0.278. The lowest BCUT2D eigenvalue weighted by Crippen LogP contribution is -2.42. The van der Waals surface area contributed by atoms with Crippen LogP contribution in [0.5, 0.6) is 5.75 Å². The molecule has 1 heterocycles. The highest BCUT2D eigenvalue weighted by atomic mass is 35.5. The maximum Gasteiger partial charge on any atom is 0.241 e. The van der Waals surface area contributed by atoms with Crippen LogP contribution in [0.1, 0.15) is 18.0 Å². The van der Waals surface area contributed by atoms with Crippen molar-refractivity contribution in [3.05, 3.63) is 59.1 Å².